The molecule has 0 spiro atoms. The Balaban J connectivity index is 3.03. The number of ether oxygens (including phenoxy) is 2. The first kappa shape index (κ1) is 27.3. The Bertz CT molecular complexity index is 759. The van der Waals surface area contributed by atoms with Gasteiger partial charge in [-0.3, -0.25) is 4.79 Å². The number of alkyl carbamates (subject to hydrolysis) is 1. The van der Waals surface area contributed by atoms with Crippen LogP contribution in [0.3, 0.4) is 0 Å². The molecule has 0 aliphatic carbocycles. The molecule has 0 bridgehead atoms. The van der Waals surface area contributed by atoms with Crippen molar-refractivity contribution in [2.45, 2.75) is 65.4 Å². The van der Waals surface area contributed by atoms with Crippen molar-refractivity contribution in [2.75, 3.05) is 7.11 Å². The summed E-state index contributed by atoms with van der Waals surface area (Å²) in [6, 6.07) is 5.40. The summed E-state index contributed by atoms with van der Waals surface area (Å²) >= 11 is 0. The fourth-order valence-electron chi connectivity index (χ4n) is 2.80. The zero-order valence-electron chi connectivity index (χ0n) is 18.9. The second-order valence-corrected chi connectivity index (χ2v) is 8.42. The van der Waals surface area contributed by atoms with E-state index in [1.165, 1.54) is 0 Å². The van der Waals surface area contributed by atoms with Crippen LogP contribution < -0.4 is 10.6 Å². The van der Waals surface area contributed by atoms with Crippen molar-refractivity contribution in [3.63, 3.8) is 0 Å². The molecule has 0 aromatic heterocycles. The minimum absolute atomic E-state index is 0.0414. The molecule has 0 aliphatic rings. The van der Waals surface area contributed by atoms with Crippen LogP contribution in [0.4, 0.5) is 18.0 Å². The second-order valence-electron chi connectivity index (χ2n) is 8.42. The molecule has 0 aliphatic heterocycles. The fourth-order valence-corrected chi connectivity index (χ4v) is 2.80. The molecule has 3 atom stereocenters. The van der Waals surface area contributed by atoms with Crippen molar-refractivity contribution in [3.05, 3.63) is 35.9 Å². The monoisotopic (exact) mass is 460 g/mol. The van der Waals surface area contributed by atoms with Crippen LogP contribution in [0.1, 0.15) is 39.7 Å². The van der Waals surface area contributed by atoms with E-state index >= 15 is 4.39 Å². The van der Waals surface area contributed by atoms with Gasteiger partial charge < -0.3 is 20.1 Å². The summed E-state index contributed by atoms with van der Waals surface area (Å²) in [4.78, 5) is 37.0. The van der Waals surface area contributed by atoms with Gasteiger partial charge in [-0.15, -0.1) is 0 Å². The van der Waals surface area contributed by atoms with Gasteiger partial charge in [0, 0.05) is 0 Å². The number of nitrogens with one attached hydrogen (secondary N) is 2. The highest BCUT2D eigenvalue weighted by molar-refractivity contribution is 5.90. The van der Waals surface area contributed by atoms with Gasteiger partial charge in [-0.2, -0.15) is 0 Å². The molecule has 10 heteroatoms. The molecule has 0 saturated carbocycles. The summed E-state index contributed by atoms with van der Waals surface area (Å²) in [6.07, 6.45) is -6.61. The summed E-state index contributed by atoms with van der Waals surface area (Å²) in [6.45, 7) is 5.28. The number of alkyl halides is 3. The number of benzene rings is 1. The van der Waals surface area contributed by atoms with Crippen molar-refractivity contribution in [2.24, 2.45) is 11.3 Å². The van der Waals surface area contributed by atoms with Crippen LogP contribution in [-0.4, -0.2) is 49.8 Å². The minimum Gasteiger partial charge on any atom is -0.467 e. The average molecular weight is 460 g/mol. The van der Waals surface area contributed by atoms with Crippen molar-refractivity contribution >= 4 is 18.0 Å². The maximum absolute atomic E-state index is 15.1. The molecule has 3 unspecified atom stereocenters. The van der Waals surface area contributed by atoms with Gasteiger partial charge in [0.2, 0.25) is 12.3 Å². The number of hydrogen-bond donors (Lipinski definition) is 2. The number of esters is 1. The summed E-state index contributed by atoms with van der Waals surface area (Å²) in [7, 11) is 1.12. The second kappa shape index (κ2) is 12.3. The normalized spacial score (nSPS) is 14.4. The van der Waals surface area contributed by atoms with Crippen LogP contribution in [0.15, 0.2) is 30.3 Å². The molecular formula is C22H31F3N2O5. The lowest BCUT2D eigenvalue weighted by atomic mass is 9.83. The van der Waals surface area contributed by atoms with Crippen molar-refractivity contribution in [1.82, 2.24) is 10.6 Å². The Labute approximate surface area is 186 Å². The Hall–Kier alpha value is -2.78. The largest absolute Gasteiger partial charge is 0.467 e. The maximum atomic E-state index is 15.1. The third-order valence-electron chi connectivity index (χ3n) is 4.84. The predicted octanol–water partition coefficient (Wildman–Crippen LogP) is 3.61. The number of halogens is 3. The molecule has 32 heavy (non-hydrogen) atoms. The van der Waals surface area contributed by atoms with Crippen molar-refractivity contribution < 1.29 is 37.0 Å². The van der Waals surface area contributed by atoms with E-state index in [1.54, 1.807) is 44.2 Å². The number of amides is 2. The van der Waals surface area contributed by atoms with E-state index in [4.69, 9.17) is 4.74 Å². The maximum Gasteiger partial charge on any atom is 0.408 e. The van der Waals surface area contributed by atoms with E-state index in [0.29, 0.717) is 5.56 Å². The van der Waals surface area contributed by atoms with Gasteiger partial charge in [-0.1, -0.05) is 58.0 Å². The Kier molecular flexibility index (Phi) is 10.5. The van der Waals surface area contributed by atoms with Gasteiger partial charge in [0.05, 0.1) is 12.5 Å². The van der Waals surface area contributed by atoms with Gasteiger partial charge in [-0.25, -0.2) is 22.8 Å². The molecule has 0 radical (unpaired) electrons. The highest BCUT2D eigenvalue weighted by Crippen LogP contribution is 2.33. The van der Waals surface area contributed by atoms with E-state index in [-0.39, 0.29) is 18.9 Å². The lowest BCUT2D eigenvalue weighted by molar-refractivity contribution is -0.146. The van der Waals surface area contributed by atoms with E-state index in [0.717, 1.165) is 21.0 Å². The number of rotatable bonds is 11. The van der Waals surface area contributed by atoms with Crippen molar-refractivity contribution in [3.8, 4) is 0 Å². The first-order valence-electron chi connectivity index (χ1n) is 10.2. The number of carbonyl (C=O) groups excluding carboxylic acids is 3. The molecule has 0 heterocycles. The number of carbonyl (C=O) groups is 3. The predicted molar refractivity (Wildman–Crippen MR) is 112 cm³/mol. The molecule has 1 aromatic rings. The first-order valence-corrected chi connectivity index (χ1v) is 10.2. The standard InChI is InChI=1S/C22H31F3N2O5/c1-13(2)11-15(19(29)31-5)26-18(28)16(17(23)22(3,4)20(24)25)27-21(30)32-12-14-9-7-6-8-10-14/h6-10,13,15-17,20H,11-12H2,1-5H3,(H,26,28)(H,27,30). The zero-order valence-corrected chi connectivity index (χ0v) is 18.9. The quantitative estimate of drug-likeness (QED) is 0.492. The van der Waals surface area contributed by atoms with Crippen LogP contribution in [0, 0.1) is 11.3 Å². The third-order valence-corrected chi connectivity index (χ3v) is 4.84. The van der Waals surface area contributed by atoms with Crippen LogP contribution >= 0.6 is 0 Å². The molecule has 180 valence electrons. The molecule has 1 aromatic carbocycles. The fraction of sp³-hybridized carbons (Fsp3) is 0.591. The van der Waals surface area contributed by atoms with Gasteiger partial charge in [-0.05, 0) is 17.9 Å². The Morgan fingerprint density at radius 2 is 1.62 bits per heavy atom. The van der Waals surface area contributed by atoms with Crippen LogP contribution in [-0.2, 0) is 25.7 Å². The zero-order chi connectivity index (χ0) is 24.5. The first-order chi connectivity index (χ1) is 14.9. The third kappa shape index (κ3) is 8.05. The molecule has 2 amide bonds. The Morgan fingerprint density at radius 1 is 1.03 bits per heavy atom. The molecule has 7 nitrogen and oxygen atoms in total. The lowest BCUT2D eigenvalue weighted by Gasteiger charge is -2.33. The van der Waals surface area contributed by atoms with Gasteiger partial charge in [0.1, 0.15) is 24.9 Å². The van der Waals surface area contributed by atoms with Gasteiger partial charge >= 0.3 is 12.1 Å². The number of methoxy groups -OCH3 is 1. The molecule has 2 N–H and O–H groups in total. The molecule has 1 rings (SSSR count). The molecule has 0 fully saturated rings. The van der Waals surface area contributed by atoms with Gasteiger partial charge in [0.15, 0.2) is 0 Å². The van der Waals surface area contributed by atoms with E-state index in [1.807, 2.05) is 5.32 Å². The molecular weight excluding hydrogens is 429 g/mol. The summed E-state index contributed by atoms with van der Waals surface area (Å²) in [5.74, 6) is -1.96. The van der Waals surface area contributed by atoms with E-state index in [2.05, 4.69) is 10.1 Å². The highest BCUT2D eigenvalue weighted by Gasteiger charge is 2.47. The van der Waals surface area contributed by atoms with Gasteiger partial charge in [0.25, 0.3) is 0 Å². The van der Waals surface area contributed by atoms with E-state index in [9.17, 15) is 23.2 Å². The number of hydrogen-bond acceptors (Lipinski definition) is 5. The Morgan fingerprint density at radius 3 is 2.12 bits per heavy atom. The van der Waals surface area contributed by atoms with Crippen molar-refractivity contribution in [1.29, 1.82) is 0 Å². The van der Waals surface area contributed by atoms with E-state index < -0.39 is 48.1 Å². The SMILES string of the molecule is COC(=O)C(CC(C)C)NC(=O)C(NC(=O)OCc1ccccc1)C(F)C(C)(C)C(F)F. The van der Waals surface area contributed by atoms with Crippen LogP contribution in [0.5, 0.6) is 0 Å². The topological polar surface area (TPSA) is 93.7 Å². The smallest absolute Gasteiger partial charge is 0.408 e. The average Bonchev–Trinajstić information content (AvgIpc) is 2.74. The summed E-state index contributed by atoms with van der Waals surface area (Å²) in [5, 5.41) is 4.33. The highest BCUT2D eigenvalue weighted by atomic mass is 19.3. The van der Waals surface area contributed by atoms with Crippen LogP contribution in [0.2, 0.25) is 0 Å². The lowest BCUT2D eigenvalue weighted by Crippen LogP contribution is -2.59. The molecule has 0 saturated heterocycles. The summed E-state index contributed by atoms with van der Waals surface area (Å²) < 4.78 is 51.6. The summed E-state index contributed by atoms with van der Waals surface area (Å²) in [5.41, 5.74) is -1.64. The minimum atomic E-state index is -3.12. The van der Waals surface area contributed by atoms with Crippen LogP contribution in [0.25, 0.3) is 0 Å².